The molecule has 0 aliphatic rings. The van der Waals surface area contributed by atoms with Crippen LogP contribution in [0.25, 0.3) is 0 Å². The minimum Gasteiger partial charge on any atom is -0.300 e. The zero-order valence-corrected chi connectivity index (χ0v) is 9.68. The second kappa shape index (κ2) is 4.39. The van der Waals surface area contributed by atoms with Gasteiger partial charge in [0.25, 0.3) is 0 Å². The minimum atomic E-state index is 0.0584. The molecule has 1 aromatic heterocycles. The summed E-state index contributed by atoms with van der Waals surface area (Å²) in [4.78, 5) is 11.8. The Morgan fingerprint density at radius 3 is 2.25 bits per heavy atom. The van der Waals surface area contributed by atoms with Gasteiger partial charge in [0.15, 0.2) is 0 Å². The Balaban J connectivity index is 2.24. The molecule has 0 bridgehead atoms. The van der Waals surface area contributed by atoms with E-state index in [0.29, 0.717) is 6.54 Å². The lowest BCUT2D eigenvalue weighted by Gasteiger charge is -2.02. The van der Waals surface area contributed by atoms with Crippen molar-refractivity contribution in [2.45, 2.75) is 26.9 Å². The van der Waals surface area contributed by atoms with Gasteiger partial charge in [-0.3, -0.25) is 9.13 Å². The molecule has 2 rings (SSSR count). The van der Waals surface area contributed by atoms with E-state index >= 15 is 0 Å². The summed E-state index contributed by atoms with van der Waals surface area (Å²) in [5.74, 6) is 0. The standard InChI is InChI=1S/C13H16N2O/c1-3-14-8-9-15(13(14)16)10-12-6-4-11(2)5-7-12/h4-9H,3,10H2,1-2H3. The molecule has 0 atom stereocenters. The summed E-state index contributed by atoms with van der Waals surface area (Å²) in [5.41, 5.74) is 2.45. The lowest BCUT2D eigenvalue weighted by atomic mass is 10.1. The predicted octanol–water partition coefficient (Wildman–Crippen LogP) is 2.03. The van der Waals surface area contributed by atoms with E-state index in [0.717, 1.165) is 12.1 Å². The van der Waals surface area contributed by atoms with E-state index in [2.05, 4.69) is 31.2 Å². The van der Waals surface area contributed by atoms with Crippen molar-refractivity contribution in [1.82, 2.24) is 9.13 Å². The maximum Gasteiger partial charge on any atom is 0.328 e. The van der Waals surface area contributed by atoms with Gasteiger partial charge in [-0.15, -0.1) is 0 Å². The molecule has 0 aliphatic heterocycles. The first-order valence-electron chi connectivity index (χ1n) is 5.52. The molecule has 0 N–H and O–H groups in total. The highest BCUT2D eigenvalue weighted by Gasteiger charge is 2.01. The molecule has 84 valence electrons. The van der Waals surface area contributed by atoms with Crippen LogP contribution >= 0.6 is 0 Å². The molecule has 0 saturated carbocycles. The van der Waals surface area contributed by atoms with Gasteiger partial charge in [-0.2, -0.15) is 0 Å². The van der Waals surface area contributed by atoms with Crippen molar-refractivity contribution in [2.75, 3.05) is 0 Å². The van der Waals surface area contributed by atoms with Crippen molar-refractivity contribution in [1.29, 1.82) is 0 Å². The quantitative estimate of drug-likeness (QED) is 0.771. The molecule has 0 fully saturated rings. The Morgan fingerprint density at radius 1 is 1.06 bits per heavy atom. The van der Waals surface area contributed by atoms with Gasteiger partial charge < -0.3 is 0 Å². The van der Waals surface area contributed by atoms with E-state index in [4.69, 9.17) is 0 Å². The van der Waals surface area contributed by atoms with Crippen LogP contribution in [0.3, 0.4) is 0 Å². The Bertz CT molecular complexity index is 520. The van der Waals surface area contributed by atoms with Gasteiger partial charge in [0.2, 0.25) is 0 Å². The van der Waals surface area contributed by atoms with Gasteiger partial charge in [0, 0.05) is 18.9 Å². The van der Waals surface area contributed by atoms with Crippen LogP contribution in [0.5, 0.6) is 0 Å². The maximum atomic E-state index is 11.8. The molecule has 2 aromatic rings. The molecule has 3 nitrogen and oxygen atoms in total. The Labute approximate surface area is 95.0 Å². The molecule has 0 spiro atoms. The SMILES string of the molecule is CCn1ccn(Cc2ccc(C)cc2)c1=O. The van der Waals surface area contributed by atoms with E-state index in [1.54, 1.807) is 9.13 Å². The highest BCUT2D eigenvalue weighted by Crippen LogP contribution is 2.04. The number of hydrogen-bond acceptors (Lipinski definition) is 1. The van der Waals surface area contributed by atoms with Crippen molar-refractivity contribution in [2.24, 2.45) is 0 Å². The van der Waals surface area contributed by atoms with Crippen molar-refractivity contribution < 1.29 is 0 Å². The summed E-state index contributed by atoms with van der Waals surface area (Å²) in [6, 6.07) is 8.25. The summed E-state index contributed by atoms with van der Waals surface area (Å²) in [6.07, 6.45) is 3.67. The molecule has 16 heavy (non-hydrogen) atoms. The highest BCUT2D eigenvalue weighted by atomic mass is 16.1. The molecule has 0 amide bonds. The summed E-state index contributed by atoms with van der Waals surface area (Å²) >= 11 is 0. The van der Waals surface area contributed by atoms with Crippen molar-refractivity contribution >= 4 is 0 Å². The molecular weight excluding hydrogens is 200 g/mol. The van der Waals surface area contributed by atoms with Gasteiger partial charge in [-0.1, -0.05) is 29.8 Å². The fraction of sp³-hybridized carbons (Fsp3) is 0.308. The minimum absolute atomic E-state index is 0.0584. The zero-order chi connectivity index (χ0) is 11.5. The molecular formula is C13H16N2O. The third-order valence-corrected chi connectivity index (χ3v) is 2.73. The first-order valence-corrected chi connectivity index (χ1v) is 5.52. The summed E-state index contributed by atoms with van der Waals surface area (Å²) in [7, 11) is 0. The molecule has 0 aliphatic carbocycles. The number of rotatable bonds is 3. The largest absolute Gasteiger partial charge is 0.328 e. The summed E-state index contributed by atoms with van der Waals surface area (Å²) in [6.45, 7) is 5.40. The topological polar surface area (TPSA) is 26.9 Å². The van der Waals surface area contributed by atoms with Gasteiger partial charge in [-0.05, 0) is 19.4 Å². The first kappa shape index (κ1) is 10.7. The van der Waals surface area contributed by atoms with Gasteiger partial charge >= 0.3 is 5.69 Å². The average molecular weight is 216 g/mol. The number of benzene rings is 1. The third-order valence-electron chi connectivity index (χ3n) is 2.73. The van der Waals surface area contributed by atoms with Gasteiger partial charge in [-0.25, -0.2) is 4.79 Å². The third kappa shape index (κ3) is 2.08. The normalized spacial score (nSPS) is 10.6. The highest BCUT2D eigenvalue weighted by molar-refractivity contribution is 5.21. The lowest BCUT2D eigenvalue weighted by molar-refractivity contribution is 0.668. The van der Waals surface area contributed by atoms with Gasteiger partial charge in [0.1, 0.15) is 0 Å². The lowest BCUT2D eigenvalue weighted by Crippen LogP contribution is -2.23. The second-order valence-corrected chi connectivity index (χ2v) is 3.98. The molecule has 1 heterocycles. The van der Waals surface area contributed by atoms with Crippen LogP contribution < -0.4 is 5.69 Å². The van der Waals surface area contributed by atoms with E-state index in [1.807, 2.05) is 19.3 Å². The van der Waals surface area contributed by atoms with Crippen LogP contribution in [-0.4, -0.2) is 9.13 Å². The molecule has 0 saturated heterocycles. The first-order chi connectivity index (χ1) is 7.70. The Morgan fingerprint density at radius 2 is 1.69 bits per heavy atom. The van der Waals surface area contributed by atoms with E-state index < -0.39 is 0 Å². The number of imidazole rings is 1. The van der Waals surface area contributed by atoms with Crippen LogP contribution in [0.15, 0.2) is 41.5 Å². The summed E-state index contributed by atoms with van der Waals surface area (Å²) < 4.78 is 3.43. The van der Waals surface area contributed by atoms with Crippen molar-refractivity contribution in [3.05, 3.63) is 58.3 Å². The van der Waals surface area contributed by atoms with E-state index in [-0.39, 0.29) is 5.69 Å². The number of aryl methyl sites for hydroxylation is 2. The molecule has 0 radical (unpaired) electrons. The maximum absolute atomic E-state index is 11.8. The number of hydrogen-bond donors (Lipinski definition) is 0. The molecule has 3 heteroatoms. The second-order valence-electron chi connectivity index (χ2n) is 3.98. The summed E-state index contributed by atoms with van der Waals surface area (Å²) in [5, 5.41) is 0. The average Bonchev–Trinajstić information content (AvgIpc) is 2.63. The Hall–Kier alpha value is -1.77. The van der Waals surface area contributed by atoms with Crippen molar-refractivity contribution in [3.8, 4) is 0 Å². The van der Waals surface area contributed by atoms with Crippen LogP contribution in [0.1, 0.15) is 18.1 Å². The van der Waals surface area contributed by atoms with Crippen LogP contribution in [-0.2, 0) is 13.1 Å². The number of aromatic nitrogens is 2. The zero-order valence-electron chi connectivity index (χ0n) is 9.68. The smallest absolute Gasteiger partial charge is 0.300 e. The molecule has 1 aromatic carbocycles. The fourth-order valence-electron chi connectivity index (χ4n) is 1.70. The Kier molecular flexibility index (Phi) is 2.95. The van der Waals surface area contributed by atoms with Crippen molar-refractivity contribution in [3.63, 3.8) is 0 Å². The van der Waals surface area contributed by atoms with Crippen LogP contribution in [0.4, 0.5) is 0 Å². The fourth-order valence-corrected chi connectivity index (χ4v) is 1.70. The predicted molar refractivity (Wildman–Crippen MR) is 64.6 cm³/mol. The van der Waals surface area contributed by atoms with Crippen LogP contribution in [0, 0.1) is 6.92 Å². The monoisotopic (exact) mass is 216 g/mol. The van der Waals surface area contributed by atoms with E-state index in [1.165, 1.54) is 5.56 Å². The van der Waals surface area contributed by atoms with Gasteiger partial charge in [0.05, 0.1) is 6.54 Å². The van der Waals surface area contributed by atoms with E-state index in [9.17, 15) is 4.79 Å². The number of nitrogens with zero attached hydrogens (tertiary/aromatic N) is 2. The van der Waals surface area contributed by atoms with Crippen LogP contribution in [0.2, 0.25) is 0 Å². The molecule has 0 unspecified atom stereocenters.